The quantitative estimate of drug-likeness (QED) is 0.0524. The second-order valence-corrected chi connectivity index (χ2v) is 35.7. The molecule has 0 unspecified atom stereocenters. The summed E-state index contributed by atoms with van der Waals surface area (Å²) in [5, 5.41) is 12.6. The van der Waals surface area contributed by atoms with Gasteiger partial charge in [-0.1, -0.05) is 273 Å². The van der Waals surface area contributed by atoms with Crippen LogP contribution < -0.4 is 47.7 Å². The summed E-state index contributed by atoms with van der Waals surface area (Å²) in [7, 11) is -9.05. The van der Waals surface area contributed by atoms with Crippen LogP contribution in [0.4, 0.5) is 17.3 Å². The van der Waals surface area contributed by atoms with Gasteiger partial charge in [0.2, 0.25) is 16.1 Å². The summed E-state index contributed by atoms with van der Waals surface area (Å²) in [6.45, 7) is 14.4. The molecule has 0 bridgehead atoms. The van der Waals surface area contributed by atoms with E-state index in [1.54, 1.807) is 0 Å². The molecule has 74 heavy (non-hydrogen) atoms. The molecule has 0 aliphatic rings. The maximum absolute atomic E-state index is 9.75. The van der Waals surface area contributed by atoms with Crippen molar-refractivity contribution in [3.8, 4) is 0 Å². The van der Waals surface area contributed by atoms with E-state index in [2.05, 4.69) is 318 Å². The summed E-state index contributed by atoms with van der Waals surface area (Å²) in [5.74, 6) is 0. The fraction of sp³-hybridized carbons (Fsp3) is 0.0984. The van der Waals surface area contributed by atoms with Gasteiger partial charge in [-0.25, -0.2) is 0 Å². The van der Waals surface area contributed by atoms with Crippen molar-refractivity contribution in [1.29, 1.82) is 0 Å². The van der Waals surface area contributed by atoms with Gasteiger partial charge in [0.05, 0.1) is 0 Å². The van der Waals surface area contributed by atoms with Crippen molar-refractivity contribution in [2.45, 2.75) is 39.3 Å². The normalized spacial score (nSPS) is 10.6. The van der Waals surface area contributed by atoms with Gasteiger partial charge in [-0.15, -0.1) is 0 Å². The minimum atomic E-state index is -6.00. The minimum absolute atomic E-state index is 0. The van der Waals surface area contributed by atoms with Gasteiger partial charge in [0.1, 0.15) is 0 Å². The standard InChI is InChI=1S/3C18H15P.C7H19Si2.3Au.BF4/c3*1-4-10-16(11-5-1)19(17-12-6-2-7-13-17)18-14-8-3-9-15-18;1-8(2,3)7-9(4,5)6;;;;2-1(3,4)5/h3*1-15H;7H,1-6H3;;;;/q;;;+1;;;;-1. The first-order chi connectivity index (χ1) is 34.1. The van der Waals surface area contributed by atoms with Gasteiger partial charge in [0.25, 0.3) is 0 Å². The van der Waals surface area contributed by atoms with Crippen LogP contribution in [0.2, 0.25) is 39.3 Å². The van der Waals surface area contributed by atoms with Gasteiger partial charge >= 0.3 is 7.25 Å². The van der Waals surface area contributed by atoms with E-state index in [0.29, 0.717) is 0 Å². The molecule has 0 nitrogen and oxygen atoms in total. The van der Waals surface area contributed by atoms with E-state index in [1.807, 2.05) is 0 Å². The maximum atomic E-state index is 9.75. The third-order valence-electron chi connectivity index (χ3n) is 10.00. The summed E-state index contributed by atoms with van der Waals surface area (Å²) in [5.41, 5.74) is 2.65. The topological polar surface area (TPSA) is 0 Å². The van der Waals surface area contributed by atoms with Gasteiger partial charge < -0.3 is 17.3 Å². The van der Waals surface area contributed by atoms with E-state index in [0.717, 1.165) is 0 Å². The van der Waals surface area contributed by atoms with Gasteiger partial charge in [-0.3, -0.25) is 0 Å². The largest absolute Gasteiger partial charge is 0.673 e. The molecule has 0 fully saturated rings. The Morgan fingerprint density at radius 1 is 0.243 bits per heavy atom. The molecule has 0 aliphatic heterocycles. The molecular weight excluding hydrogens is 1560 g/mol. The predicted octanol–water partition coefficient (Wildman–Crippen LogP) is 14.6. The second-order valence-electron chi connectivity index (χ2n) is 18.4. The maximum Gasteiger partial charge on any atom is 0.673 e. The van der Waals surface area contributed by atoms with Crippen molar-refractivity contribution in [1.82, 2.24) is 0 Å². The van der Waals surface area contributed by atoms with Gasteiger partial charge in [-0.2, -0.15) is 0 Å². The summed E-state index contributed by atoms with van der Waals surface area (Å²) in [4.78, 5) is 0. The molecule has 9 rings (SSSR count). The van der Waals surface area contributed by atoms with Crippen molar-refractivity contribution in [2.24, 2.45) is 0 Å². The van der Waals surface area contributed by atoms with Crippen LogP contribution >= 0.6 is 23.8 Å². The molecule has 9 aromatic carbocycles. The molecule has 0 saturated heterocycles. The molecule has 395 valence electrons. The van der Waals surface area contributed by atoms with Crippen LogP contribution in [0.1, 0.15) is 0 Å². The third-order valence-corrected chi connectivity index (χ3v) is 24.3. The van der Waals surface area contributed by atoms with E-state index in [4.69, 9.17) is 0 Å². The SMILES string of the molecule is C[Si](C)(C)[CH+][Si](C)(C)C.F[B-](F)(F)F.[Au].[Au].[Au].c1ccc(P(c2ccccc2)c2ccccc2)cc1.c1ccc(P(c2ccccc2)c2ccccc2)cc1.c1ccc(P(c2ccccc2)c2ccccc2)cc1. The van der Waals surface area contributed by atoms with E-state index in [9.17, 15) is 17.3 Å². The summed E-state index contributed by atoms with van der Waals surface area (Å²) >= 11 is 0. The Morgan fingerprint density at radius 3 is 0.405 bits per heavy atom. The zero-order chi connectivity index (χ0) is 51.0. The van der Waals surface area contributed by atoms with Crippen LogP contribution in [0.25, 0.3) is 0 Å². The van der Waals surface area contributed by atoms with E-state index in [1.165, 1.54) is 47.7 Å². The first-order valence-electron chi connectivity index (χ1n) is 23.7. The van der Waals surface area contributed by atoms with Crippen LogP contribution in [-0.4, -0.2) is 23.4 Å². The number of hydrogen-bond acceptors (Lipinski definition) is 0. The molecule has 0 N–H and O–H groups in total. The summed E-state index contributed by atoms with van der Waals surface area (Å²) in [6.07, 6.45) is 0. The molecule has 0 aliphatic carbocycles. The average Bonchev–Trinajstić information content (AvgIpc) is 3.36. The molecule has 0 spiro atoms. The van der Waals surface area contributed by atoms with Crippen LogP contribution in [0.15, 0.2) is 273 Å². The fourth-order valence-corrected chi connectivity index (χ4v) is 25.1. The Balaban J connectivity index is 0.000000332. The van der Waals surface area contributed by atoms with Crippen molar-refractivity contribution in [2.75, 3.05) is 0 Å². The monoisotopic (exact) mass is 1620 g/mol. The molecule has 13 heteroatoms. The first kappa shape index (κ1) is 66.7. The van der Waals surface area contributed by atoms with Crippen molar-refractivity contribution >= 4 is 94.9 Å². The Kier molecular flexibility index (Phi) is 31.6. The van der Waals surface area contributed by atoms with E-state index in [-0.39, 0.29) is 67.1 Å². The van der Waals surface area contributed by atoms with Crippen molar-refractivity contribution < 1.29 is 84.4 Å². The summed E-state index contributed by atoms with van der Waals surface area (Å²) in [6, 6.07) is 97.0. The molecular formula is C61H64Au3BF4P3Si2. The van der Waals surface area contributed by atoms with Crippen molar-refractivity contribution in [3.05, 3.63) is 279 Å². The zero-order valence-corrected chi connectivity index (χ0v) is 53.6. The predicted molar refractivity (Wildman–Crippen MR) is 317 cm³/mol. The Hall–Kier alpha value is -3.42. The molecule has 9 aromatic rings. The van der Waals surface area contributed by atoms with Crippen LogP contribution in [0.3, 0.4) is 0 Å². The smallest absolute Gasteiger partial charge is 0.418 e. The van der Waals surface area contributed by atoms with E-state index < -0.39 is 47.2 Å². The second kappa shape index (κ2) is 35.1. The first-order valence-corrected chi connectivity index (χ1v) is 34.8. The molecule has 0 saturated carbocycles. The molecule has 3 radical (unpaired) electrons. The molecule has 0 amide bonds. The number of rotatable bonds is 11. The summed E-state index contributed by atoms with van der Waals surface area (Å²) < 4.78 is 39.0. The van der Waals surface area contributed by atoms with Gasteiger partial charge in [0, 0.05) is 67.1 Å². The molecule has 0 atom stereocenters. The molecule has 0 heterocycles. The van der Waals surface area contributed by atoms with Gasteiger partial charge in [0.15, 0.2) is 0 Å². The minimum Gasteiger partial charge on any atom is -0.418 e. The number of hydrogen-bond donors (Lipinski definition) is 0. The number of benzene rings is 9. The van der Waals surface area contributed by atoms with Gasteiger partial charge in [-0.05, 0) is 116 Å². The Labute approximate surface area is 492 Å². The Bertz CT molecular complexity index is 2210. The third kappa shape index (κ3) is 25.6. The average molecular weight is 1620 g/mol. The van der Waals surface area contributed by atoms with Crippen LogP contribution in [-0.2, 0) is 67.1 Å². The molecule has 0 aromatic heterocycles. The van der Waals surface area contributed by atoms with Crippen molar-refractivity contribution in [3.63, 3.8) is 0 Å². The van der Waals surface area contributed by atoms with Crippen LogP contribution in [0.5, 0.6) is 0 Å². The Morgan fingerprint density at radius 2 is 0.338 bits per heavy atom. The van der Waals surface area contributed by atoms with E-state index >= 15 is 0 Å². The van der Waals surface area contributed by atoms with Crippen LogP contribution in [0, 0.1) is 5.67 Å². The zero-order valence-electron chi connectivity index (χ0n) is 42.4. The number of halogens is 4. The fourth-order valence-electron chi connectivity index (χ4n) is 7.83.